The third-order valence-electron chi connectivity index (χ3n) is 1.63. The molecule has 82 valence electrons. The molecule has 0 saturated heterocycles. The molecule has 4 nitrogen and oxygen atoms in total. The van der Waals surface area contributed by atoms with E-state index in [2.05, 4.69) is 42.5 Å². The van der Waals surface area contributed by atoms with Gasteiger partial charge >= 0.3 is 0 Å². The van der Waals surface area contributed by atoms with E-state index < -0.39 is 0 Å². The molecule has 0 fully saturated rings. The van der Waals surface area contributed by atoms with Crippen molar-refractivity contribution in [2.45, 2.75) is 25.7 Å². The topological polar surface area (TPSA) is 58.2 Å². The summed E-state index contributed by atoms with van der Waals surface area (Å²) in [6.45, 7) is 1.41. The molecule has 0 aromatic rings. The van der Waals surface area contributed by atoms with Crippen LogP contribution in [0.2, 0.25) is 0 Å². The van der Waals surface area contributed by atoms with Crippen molar-refractivity contribution in [2.24, 2.45) is 0 Å². The summed E-state index contributed by atoms with van der Waals surface area (Å²) in [4.78, 5) is 20.5. The molecule has 0 rings (SSSR count). The first-order chi connectivity index (χ1) is 6.63. The van der Waals surface area contributed by atoms with Crippen LogP contribution in [0.5, 0.6) is 0 Å². The summed E-state index contributed by atoms with van der Waals surface area (Å²) >= 11 is 5.56. The number of rotatable bonds is 7. The lowest BCUT2D eigenvalue weighted by Crippen LogP contribution is -2.18. The Labute approximate surface area is 100 Å². The molecule has 0 heterocycles. The van der Waals surface area contributed by atoms with E-state index in [9.17, 15) is 9.59 Å². The molecule has 2 amide bonds. The first kappa shape index (κ1) is 13.9. The van der Waals surface area contributed by atoms with Gasteiger partial charge in [-0.3, -0.25) is 9.59 Å². The molecule has 0 aliphatic heterocycles. The number of hydrogen-bond donors (Lipinski definition) is 2. The van der Waals surface area contributed by atoms with E-state index in [1.54, 1.807) is 0 Å². The predicted molar refractivity (Wildman–Crippen MR) is 63.1 cm³/mol. The van der Waals surface area contributed by atoms with Crippen LogP contribution in [-0.2, 0) is 0 Å². The highest BCUT2D eigenvalue weighted by Gasteiger charge is 1.94. The van der Waals surface area contributed by atoms with Crippen LogP contribution in [0.3, 0.4) is 0 Å². The quantitative estimate of drug-likeness (QED) is 0.428. The van der Waals surface area contributed by atoms with Gasteiger partial charge in [0, 0.05) is 44.9 Å². The summed E-state index contributed by atoms with van der Waals surface area (Å²) < 4.78 is 0. The Balaban J connectivity index is 2.99. The second kappa shape index (κ2) is 9.45. The Morgan fingerprint density at radius 1 is 0.786 bits per heavy atom. The number of nitrogens with one attached hydrogen (secondary N) is 2. The van der Waals surface area contributed by atoms with Crippen molar-refractivity contribution in [1.29, 1.82) is 0 Å². The number of hydrogen-bond acceptors (Lipinski definition) is 2. The van der Waals surface area contributed by atoms with Gasteiger partial charge in [-0.15, -0.1) is 0 Å². The van der Waals surface area contributed by atoms with Crippen molar-refractivity contribution in [1.82, 2.24) is 10.6 Å². The van der Waals surface area contributed by atoms with E-state index >= 15 is 0 Å². The van der Waals surface area contributed by atoms with Crippen molar-refractivity contribution < 1.29 is 9.59 Å². The van der Waals surface area contributed by atoms with E-state index in [0.717, 1.165) is 25.7 Å². The maximum Gasteiger partial charge on any atom is 0.287 e. The highest BCUT2D eigenvalue weighted by Crippen LogP contribution is 1.98. The van der Waals surface area contributed by atoms with Crippen molar-refractivity contribution in [2.75, 3.05) is 13.1 Å². The van der Waals surface area contributed by atoms with Crippen LogP contribution in [0.25, 0.3) is 0 Å². The number of unbranched alkanes of at least 4 members (excludes halogenated alkanes) is 3. The molecule has 0 aromatic heterocycles. The molecule has 0 unspecified atom stereocenters. The summed E-state index contributed by atoms with van der Waals surface area (Å²) in [6, 6.07) is 0. The molecular weight excluding hydrogens is 316 g/mol. The van der Waals surface area contributed by atoms with Gasteiger partial charge in [-0.1, -0.05) is 12.8 Å². The number of halogens is 2. The second-order valence-electron chi connectivity index (χ2n) is 2.82. The van der Waals surface area contributed by atoms with Crippen LogP contribution in [-0.4, -0.2) is 22.7 Å². The maximum atomic E-state index is 10.4. The third kappa shape index (κ3) is 11.9. The predicted octanol–water partition coefficient (Wildman–Crippen LogP) is 2.76. The van der Waals surface area contributed by atoms with Crippen molar-refractivity contribution in [3.05, 3.63) is 0 Å². The molecule has 0 aliphatic rings. The van der Waals surface area contributed by atoms with Gasteiger partial charge in [0.25, 0.3) is 9.63 Å². The first-order valence-corrected chi connectivity index (χ1v) is 6.08. The van der Waals surface area contributed by atoms with E-state index in [-0.39, 0.29) is 9.63 Å². The molecule has 0 aromatic carbocycles. The van der Waals surface area contributed by atoms with Crippen LogP contribution in [0.4, 0.5) is 9.59 Å². The van der Waals surface area contributed by atoms with Crippen LogP contribution in [0, 0.1) is 0 Å². The number of amides is 2. The molecule has 0 radical (unpaired) electrons. The zero-order chi connectivity index (χ0) is 10.8. The smallest absolute Gasteiger partial charge is 0.287 e. The van der Waals surface area contributed by atoms with Gasteiger partial charge in [0.2, 0.25) is 0 Å². The SMILES string of the molecule is O=C(Br)NCCCCCCNC(=O)Br. The molecule has 0 bridgehead atoms. The fraction of sp³-hybridized carbons (Fsp3) is 0.750. The van der Waals surface area contributed by atoms with Crippen molar-refractivity contribution in [3.63, 3.8) is 0 Å². The molecule has 0 atom stereocenters. The lowest BCUT2D eigenvalue weighted by molar-refractivity contribution is 0.260. The lowest BCUT2D eigenvalue weighted by Gasteiger charge is -2.02. The summed E-state index contributed by atoms with van der Waals surface area (Å²) in [6.07, 6.45) is 4.07. The highest BCUT2D eigenvalue weighted by molar-refractivity contribution is 9.18. The minimum absolute atomic E-state index is 0.163. The standard InChI is InChI=1S/C8H14Br2N2O2/c9-7(13)11-5-3-1-2-4-6-12-8(10)14/h1-6H2,(H,11,13)(H,12,14). The molecule has 2 N–H and O–H groups in total. The Bertz CT molecular complexity index is 168. The number of carbonyl (C=O) groups is 2. The summed E-state index contributed by atoms with van der Waals surface area (Å²) in [5.41, 5.74) is 0. The van der Waals surface area contributed by atoms with Gasteiger partial charge in [0.15, 0.2) is 0 Å². The van der Waals surface area contributed by atoms with Gasteiger partial charge in [-0.05, 0) is 12.8 Å². The Kier molecular flexibility index (Phi) is 9.39. The summed E-state index contributed by atoms with van der Waals surface area (Å²) in [7, 11) is 0. The third-order valence-corrected chi connectivity index (χ3v) is 2.19. The van der Waals surface area contributed by atoms with Gasteiger partial charge in [0.05, 0.1) is 0 Å². The second-order valence-corrected chi connectivity index (χ2v) is 4.26. The van der Waals surface area contributed by atoms with E-state index in [1.807, 2.05) is 0 Å². The monoisotopic (exact) mass is 328 g/mol. The fourth-order valence-corrected chi connectivity index (χ4v) is 1.37. The lowest BCUT2D eigenvalue weighted by atomic mass is 10.2. The largest absolute Gasteiger partial charge is 0.347 e. The van der Waals surface area contributed by atoms with Crippen LogP contribution in [0.15, 0.2) is 0 Å². The molecule has 0 saturated carbocycles. The number of carbonyl (C=O) groups excluding carboxylic acids is 2. The fourth-order valence-electron chi connectivity index (χ4n) is 0.977. The Hall–Kier alpha value is -0.100. The van der Waals surface area contributed by atoms with Gasteiger partial charge < -0.3 is 10.6 Å². The zero-order valence-electron chi connectivity index (χ0n) is 7.82. The van der Waals surface area contributed by atoms with Crippen LogP contribution >= 0.6 is 31.9 Å². The Morgan fingerprint density at radius 2 is 1.14 bits per heavy atom. The average Bonchev–Trinajstić information content (AvgIpc) is 2.08. The average molecular weight is 330 g/mol. The normalized spacial score (nSPS) is 9.57. The van der Waals surface area contributed by atoms with Gasteiger partial charge in [-0.2, -0.15) is 0 Å². The summed E-state index contributed by atoms with van der Waals surface area (Å²) in [5, 5.41) is 5.31. The molecule has 0 aliphatic carbocycles. The van der Waals surface area contributed by atoms with E-state index in [1.165, 1.54) is 0 Å². The minimum atomic E-state index is -0.163. The minimum Gasteiger partial charge on any atom is -0.347 e. The van der Waals surface area contributed by atoms with Crippen LogP contribution in [0.1, 0.15) is 25.7 Å². The highest BCUT2D eigenvalue weighted by atomic mass is 79.9. The van der Waals surface area contributed by atoms with Gasteiger partial charge in [0.1, 0.15) is 0 Å². The van der Waals surface area contributed by atoms with Gasteiger partial charge in [-0.25, -0.2) is 0 Å². The molecular formula is C8H14Br2N2O2. The van der Waals surface area contributed by atoms with E-state index in [4.69, 9.17) is 0 Å². The summed E-state index contributed by atoms with van der Waals surface area (Å²) in [5.74, 6) is 0. The van der Waals surface area contributed by atoms with E-state index in [0.29, 0.717) is 13.1 Å². The Morgan fingerprint density at radius 3 is 1.43 bits per heavy atom. The molecule has 6 heteroatoms. The molecule has 0 spiro atoms. The molecule has 14 heavy (non-hydrogen) atoms. The van der Waals surface area contributed by atoms with Crippen molar-refractivity contribution >= 4 is 41.5 Å². The first-order valence-electron chi connectivity index (χ1n) is 4.49. The van der Waals surface area contributed by atoms with Crippen LogP contribution < -0.4 is 10.6 Å². The zero-order valence-corrected chi connectivity index (χ0v) is 11.0. The maximum absolute atomic E-state index is 10.4. The van der Waals surface area contributed by atoms with Crippen molar-refractivity contribution in [3.8, 4) is 0 Å².